The number of nitrogens with zero attached hydrogens (tertiary/aromatic N) is 1. The minimum atomic E-state index is -1.20. The van der Waals surface area contributed by atoms with Gasteiger partial charge in [0.2, 0.25) is 0 Å². The minimum absolute atomic E-state index is 0.400. The van der Waals surface area contributed by atoms with E-state index in [1.807, 2.05) is 0 Å². The maximum absolute atomic E-state index is 11.5. The third-order valence-electron chi connectivity index (χ3n) is 2.62. The Labute approximate surface area is 96.1 Å². The van der Waals surface area contributed by atoms with E-state index < -0.39 is 25.4 Å². The van der Waals surface area contributed by atoms with Gasteiger partial charge in [-0.1, -0.05) is 0 Å². The summed E-state index contributed by atoms with van der Waals surface area (Å²) in [6.07, 6.45) is 0.944. The van der Waals surface area contributed by atoms with Crippen LogP contribution in [0.3, 0.4) is 0 Å². The van der Waals surface area contributed by atoms with Crippen LogP contribution >= 0.6 is 7.26 Å². The third-order valence-corrected chi connectivity index (χ3v) is 4.32. The fourth-order valence-corrected chi connectivity index (χ4v) is 2.10. The molecule has 1 atom stereocenters. The number of carbonyl (C=O) groups is 2. The standard InChI is InChI=1S/C10H20NO4P/c1-16(2,3)7-6-15-10(14)11-5-4-8(11)9(12)13/h8,16H,4-7H2,1-3H3,(H,12,13). The molecule has 1 heterocycles. The normalized spacial score (nSPS) is 21.2. The molecule has 0 radical (unpaired) electrons. The Balaban J connectivity index is 2.28. The Morgan fingerprint density at radius 3 is 2.44 bits per heavy atom. The molecule has 1 N–H and O–H groups in total. The second-order valence-corrected chi connectivity index (χ2v) is 10.9. The predicted molar refractivity (Wildman–Crippen MR) is 65.0 cm³/mol. The van der Waals surface area contributed by atoms with Crippen molar-refractivity contribution >= 4 is 19.3 Å². The van der Waals surface area contributed by atoms with E-state index in [-0.39, 0.29) is 0 Å². The van der Waals surface area contributed by atoms with Crippen molar-refractivity contribution < 1.29 is 19.4 Å². The molecule has 94 valence electrons. The van der Waals surface area contributed by atoms with Crippen LogP contribution in [0.1, 0.15) is 6.42 Å². The maximum atomic E-state index is 11.5. The van der Waals surface area contributed by atoms with Crippen LogP contribution in [0.2, 0.25) is 0 Å². The molecule has 1 saturated heterocycles. The van der Waals surface area contributed by atoms with Crippen molar-refractivity contribution in [2.75, 3.05) is 39.3 Å². The SMILES string of the molecule is C[PH](C)(C)CCOC(=O)N1CCC1C(=O)O. The molecule has 0 aliphatic carbocycles. The third kappa shape index (κ3) is 3.63. The molecule has 1 aliphatic rings. The summed E-state index contributed by atoms with van der Waals surface area (Å²) in [6, 6.07) is -0.681. The van der Waals surface area contributed by atoms with Crippen LogP contribution in [0, 0.1) is 0 Å². The average Bonchev–Trinajstić information content (AvgIpc) is 1.97. The van der Waals surface area contributed by atoms with Gasteiger partial charge in [0, 0.05) is 0 Å². The molecule has 5 nitrogen and oxygen atoms in total. The molecule has 16 heavy (non-hydrogen) atoms. The summed E-state index contributed by atoms with van der Waals surface area (Å²) in [5.41, 5.74) is 0. The molecule has 1 amide bonds. The van der Waals surface area contributed by atoms with Crippen molar-refractivity contribution in [3.05, 3.63) is 0 Å². The van der Waals surface area contributed by atoms with Crippen LogP contribution in [-0.2, 0) is 9.53 Å². The quantitative estimate of drug-likeness (QED) is 0.752. The topological polar surface area (TPSA) is 66.8 Å². The monoisotopic (exact) mass is 249 g/mol. The van der Waals surface area contributed by atoms with Crippen LogP contribution in [0.5, 0.6) is 0 Å². The molecule has 1 fully saturated rings. The molecule has 0 aromatic carbocycles. The van der Waals surface area contributed by atoms with Gasteiger partial charge in [-0.2, -0.15) is 0 Å². The van der Waals surface area contributed by atoms with Crippen LogP contribution in [0.25, 0.3) is 0 Å². The number of ether oxygens (including phenoxy) is 1. The fourth-order valence-electron chi connectivity index (χ4n) is 1.39. The fraction of sp³-hybridized carbons (Fsp3) is 0.800. The Bertz CT molecular complexity index is 287. The summed E-state index contributed by atoms with van der Waals surface area (Å²) < 4.78 is 5.06. The van der Waals surface area contributed by atoms with Gasteiger partial charge in [-0.25, -0.2) is 0 Å². The molecular formula is C10H20NO4P. The van der Waals surface area contributed by atoms with E-state index in [9.17, 15) is 9.59 Å². The Hall–Kier alpha value is -0.830. The molecular weight excluding hydrogens is 229 g/mol. The molecule has 6 heteroatoms. The molecule has 1 unspecified atom stereocenters. The Kier molecular flexibility index (Phi) is 4.14. The van der Waals surface area contributed by atoms with Crippen molar-refractivity contribution in [1.82, 2.24) is 4.90 Å². The zero-order chi connectivity index (χ0) is 12.3. The molecule has 1 aliphatic heterocycles. The number of amides is 1. The van der Waals surface area contributed by atoms with E-state index in [4.69, 9.17) is 9.84 Å². The van der Waals surface area contributed by atoms with Crippen molar-refractivity contribution in [2.24, 2.45) is 0 Å². The number of hydrogen-bond acceptors (Lipinski definition) is 3. The Morgan fingerprint density at radius 2 is 2.06 bits per heavy atom. The summed E-state index contributed by atoms with van der Waals surface area (Å²) in [5.74, 6) is -0.951. The zero-order valence-corrected chi connectivity index (χ0v) is 11.0. The first-order valence-corrected chi connectivity index (χ1v) is 9.18. The van der Waals surface area contributed by atoms with Gasteiger partial charge in [0.15, 0.2) is 0 Å². The summed E-state index contributed by atoms with van der Waals surface area (Å²) >= 11 is 0. The summed E-state index contributed by atoms with van der Waals surface area (Å²) in [7, 11) is -1.20. The molecule has 0 spiro atoms. The van der Waals surface area contributed by atoms with Crippen LogP contribution in [-0.4, -0.2) is 67.4 Å². The van der Waals surface area contributed by atoms with Gasteiger partial charge >= 0.3 is 95.4 Å². The summed E-state index contributed by atoms with van der Waals surface area (Å²) in [4.78, 5) is 23.4. The number of carboxylic acids is 1. The first-order chi connectivity index (χ1) is 7.31. The van der Waals surface area contributed by atoms with Crippen LogP contribution in [0.4, 0.5) is 4.79 Å². The molecule has 1 rings (SSSR count). The number of likely N-dealkylation sites (tertiary alicyclic amines) is 1. The van der Waals surface area contributed by atoms with Gasteiger partial charge in [-0.3, -0.25) is 0 Å². The predicted octanol–water partition coefficient (Wildman–Crippen LogP) is 0.921. The average molecular weight is 249 g/mol. The first-order valence-electron chi connectivity index (χ1n) is 5.47. The van der Waals surface area contributed by atoms with E-state index in [1.54, 1.807) is 0 Å². The number of rotatable bonds is 4. The number of carbonyl (C=O) groups excluding carboxylic acids is 1. The molecule has 0 aromatic heterocycles. The van der Waals surface area contributed by atoms with Gasteiger partial charge < -0.3 is 0 Å². The van der Waals surface area contributed by atoms with Gasteiger partial charge in [0.1, 0.15) is 0 Å². The number of carboxylic acid groups (broad SMARTS) is 1. The van der Waals surface area contributed by atoms with E-state index in [1.165, 1.54) is 4.90 Å². The van der Waals surface area contributed by atoms with Gasteiger partial charge in [-0.15, -0.1) is 0 Å². The van der Waals surface area contributed by atoms with Crippen LogP contribution < -0.4 is 0 Å². The van der Waals surface area contributed by atoms with Crippen molar-refractivity contribution in [1.29, 1.82) is 0 Å². The number of aliphatic carboxylic acids is 1. The number of hydrogen-bond donors (Lipinski definition) is 1. The summed E-state index contributed by atoms with van der Waals surface area (Å²) in [5, 5.41) is 8.76. The van der Waals surface area contributed by atoms with Gasteiger partial charge in [-0.05, 0) is 0 Å². The van der Waals surface area contributed by atoms with E-state index in [0.717, 1.165) is 6.16 Å². The zero-order valence-electron chi connectivity index (χ0n) is 10.0. The van der Waals surface area contributed by atoms with Crippen molar-refractivity contribution in [3.63, 3.8) is 0 Å². The van der Waals surface area contributed by atoms with E-state index >= 15 is 0 Å². The van der Waals surface area contributed by atoms with E-state index in [0.29, 0.717) is 19.6 Å². The first kappa shape index (κ1) is 13.2. The van der Waals surface area contributed by atoms with Gasteiger partial charge in [0.25, 0.3) is 0 Å². The van der Waals surface area contributed by atoms with Gasteiger partial charge in [0.05, 0.1) is 0 Å². The Morgan fingerprint density at radius 1 is 1.44 bits per heavy atom. The molecule has 0 aromatic rings. The second-order valence-electron chi connectivity index (χ2n) is 5.26. The molecule has 0 bridgehead atoms. The van der Waals surface area contributed by atoms with Crippen molar-refractivity contribution in [2.45, 2.75) is 12.5 Å². The second kappa shape index (κ2) is 5.00. The summed E-state index contributed by atoms with van der Waals surface area (Å²) in [6.45, 7) is 7.49. The van der Waals surface area contributed by atoms with E-state index in [2.05, 4.69) is 20.0 Å². The molecule has 0 saturated carbocycles. The van der Waals surface area contributed by atoms with Crippen LogP contribution in [0.15, 0.2) is 0 Å². The van der Waals surface area contributed by atoms with Crippen molar-refractivity contribution in [3.8, 4) is 0 Å².